The second kappa shape index (κ2) is 7.14. The molecular weight excluding hydrogens is 223 g/mol. The first-order valence-electron chi connectivity index (χ1n) is 4.84. The number of carbonyl (C=O) groups is 1. The van der Waals surface area contributed by atoms with Crippen LogP contribution in [0.2, 0.25) is 0 Å². The van der Waals surface area contributed by atoms with Gasteiger partial charge in [-0.25, -0.2) is 18.0 Å². The van der Waals surface area contributed by atoms with Gasteiger partial charge in [0.2, 0.25) is 0 Å². The number of hydrogen-bond donors (Lipinski definition) is 1. The highest BCUT2D eigenvalue weighted by molar-refractivity contribution is 5.82. The number of nitrogens with one attached hydrogen (secondary N) is 1. The molecule has 94 valence electrons. The molecule has 1 N–H and O–H groups in total. The van der Waals surface area contributed by atoms with Gasteiger partial charge >= 0.3 is 5.97 Å². The third kappa shape index (κ3) is 3.43. The zero-order valence-electron chi connectivity index (χ0n) is 9.36. The lowest BCUT2D eigenvalue weighted by atomic mass is 9.88. The van der Waals surface area contributed by atoms with Crippen LogP contribution >= 0.6 is 0 Å². The average molecular weight is 239 g/mol. The number of alkyl halides is 3. The van der Waals surface area contributed by atoms with Crippen LogP contribution in [0.4, 0.5) is 13.2 Å². The van der Waals surface area contributed by atoms with E-state index in [0.29, 0.717) is 0 Å². The maximum Gasteiger partial charge on any atom is 0.332 e. The Morgan fingerprint density at radius 2 is 1.81 bits per heavy atom. The van der Waals surface area contributed by atoms with Crippen LogP contribution in [-0.4, -0.2) is 39.6 Å². The van der Waals surface area contributed by atoms with Gasteiger partial charge in [0.25, 0.3) is 0 Å². The van der Waals surface area contributed by atoms with Crippen molar-refractivity contribution in [1.82, 2.24) is 5.32 Å². The summed E-state index contributed by atoms with van der Waals surface area (Å²) in [7, 11) is 1.36. The third-order valence-electron chi connectivity index (χ3n) is 2.16. The van der Waals surface area contributed by atoms with Crippen molar-refractivity contribution in [2.75, 3.05) is 33.7 Å². The van der Waals surface area contributed by atoms with Crippen LogP contribution in [0.3, 0.4) is 0 Å². The maximum absolute atomic E-state index is 12.7. The molecule has 0 aliphatic heterocycles. The van der Waals surface area contributed by atoms with Crippen molar-refractivity contribution >= 4 is 5.97 Å². The van der Waals surface area contributed by atoms with Gasteiger partial charge in [0.1, 0.15) is 20.0 Å². The molecule has 0 bridgehead atoms. The van der Waals surface area contributed by atoms with E-state index in [1.807, 2.05) is 0 Å². The van der Waals surface area contributed by atoms with Crippen molar-refractivity contribution in [2.24, 2.45) is 5.41 Å². The lowest BCUT2D eigenvalue weighted by molar-refractivity contribution is -0.137. The summed E-state index contributed by atoms with van der Waals surface area (Å²) < 4.78 is 42.6. The zero-order chi connectivity index (χ0) is 12.6. The lowest BCUT2D eigenvalue weighted by Gasteiger charge is -2.27. The molecule has 0 amide bonds. The summed E-state index contributed by atoms with van der Waals surface area (Å²) in [6, 6.07) is 0. The van der Waals surface area contributed by atoms with Crippen molar-refractivity contribution in [3.63, 3.8) is 0 Å². The van der Waals surface area contributed by atoms with Gasteiger partial charge in [-0.05, 0) is 6.92 Å². The van der Waals surface area contributed by atoms with Crippen LogP contribution in [0.1, 0.15) is 6.92 Å². The fourth-order valence-electron chi connectivity index (χ4n) is 1.12. The van der Waals surface area contributed by atoms with Crippen LogP contribution < -0.4 is 5.32 Å². The molecule has 6 heteroatoms. The summed E-state index contributed by atoms with van der Waals surface area (Å²) in [6.07, 6.45) is 0.877. The SMILES string of the molecule is CCOC(=O)C=C(NC)C(CF)(CF)CF. The molecule has 0 atom stereocenters. The molecule has 0 aliphatic rings. The van der Waals surface area contributed by atoms with E-state index in [-0.39, 0.29) is 12.3 Å². The van der Waals surface area contributed by atoms with Gasteiger partial charge in [-0.3, -0.25) is 0 Å². The van der Waals surface area contributed by atoms with Crippen LogP contribution in [0.5, 0.6) is 0 Å². The highest BCUT2D eigenvalue weighted by Gasteiger charge is 2.35. The van der Waals surface area contributed by atoms with Gasteiger partial charge in [0.15, 0.2) is 0 Å². The minimum atomic E-state index is -1.93. The summed E-state index contributed by atoms with van der Waals surface area (Å²) in [5, 5.41) is 2.43. The van der Waals surface area contributed by atoms with E-state index in [0.717, 1.165) is 6.08 Å². The van der Waals surface area contributed by atoms with E-state index < -0.39 is 31.4 Å². The quantitative estimate of drug-likeness (QED) is 0.541. The molecular formula is C10H16F3NO2. The number of carbonyl (C=O) groups excluding carboxylic acids is 1. The fourth-order valence-corrected chi connectivity index (χ4v) is 1.12. The molecule has 0 aromatic heterocycles. The molecule has 0 rings (SSSR count). The first kappa shape index (κ1) is 14.8. The van der Waals surface area contributed by atoms with Gasteiger partial charge in [-0.15, -0.1) is 0 Å². The topological polar surface area (TPSA) is 38.3 Å². The minimum Gasteiger partial charge on any atom is -0.463 e. The van der Waals surface area contributed by atoms with Gasteiger partial charge in [0.05, 0.1) is 12.0 Å². The van der Waals surface area contributed by atoms with Crippen LogP contribution in [-0.2, 0) is 9.53 Å². The Labute approximate surface area is 92.7 Å². The molecule has 0 fully saturated rings. The maximum atomic E-state index is 12.7. The van der Waals surface area contributed by atoms with Gasteiger partial charge < -0.3 is 10.1 Å². The summed E-state index contributed by atoms with van der Waals surface area (Å²) in [4.78, 5) is 11.1. The Bertz CT molecular complexity index is 244. The predicted molar refractivity (Wildman–Crippen MR) is 54.1 cm³/mol. The minimum absolute atomic E-state index is 0.139. The van der Waals surface area contributed by atoms with Crippen molar-refractivity contribution in [3.8, 4) is 0 Å². The van der Waals surface area contributed by atoms with Crippen LogP contribution in [0.15, 0.2) is 11.8 Å². The normalized spacial score (nSPS) is 12.4. The van der Waals surface area contributed by atoms with E-state index in [1.54, 1.807) is 6.92 Å². The molecule has 0 aliphatic carbocycles. The highest BCUT2D eigenvalue weighted by Crippen LogP contribution is 2.27. The monoisotopic (exact) mass is 239 g/mol. The van der Waals surface area contributed by atoms with E-state index in [1.165, 1.54) is 7.05 Å². The molecule has 0 saturated carbocycles. The molecule has 0 aromatic rings. The number of ether oxygens (including phenoxy) is 1. The second-order valence-electron chi connectivity index (χ2n) is 3.24. The van der Waals surface area contributed by atoms with Gasteiger partial charge in [0, 0.05) is 18.8 Å². The highest BCUT2D eigenvalue weighted by atomic mass is 19.1. The molecule has 0 aromatic carbocycles. The number of hydrogen-bond acceptors (Lipinski definition) is 3. The second-order valence-corrected chi connectivity index (χ2v) is 3.24. The summed E-state index contributed by atoms with van der Waals surface area (Å²) >= 11 is 0. The average Bonchev–Trinajstić information content (AvgIpc) is 2.30. The largest absolute Gasteiger partial charge is 0.463 e. The lowest BCUT2D eigenvalue weighted by Crippen LogP contribution is -2.37. The Morgan fingerprint density at radius 3 is 2.12 bits per heavy atom. The first-order chi connectivity index (χ1) is 7.60. The van der Waals surface area contributed by atoms with Crippen LogP contribution in [0.25, 0.3) is 0 Å². The van der Waals surface area contributed by atoms with E-state index >= 15 is 0 Å². The van der Waals surface area contributed by atoms with Crippen molar-refractivity contribution in [2.45, 2.75) is 6.92 Å². The Morgan fingerprint density at radius 1 is 1.31 bits per heavy atom. The summed E-state index contributed by atoms with van der Waals surface area (Å²) in [6.45, 7) is -1.96. The zero-order valence-corrected chi connectivity index (χ0v) is 9.36. The van der Waals surface area contributed by atoms with Crippen LogP contribution in [0, 0.1) is 5.41 Å². The smallest absolute Gasteiger partial charge is 0.332 e. The number of halogens is 3. The number of allylic oxidation sites excluding steroid dienone is 1. The molecule has 16 heavy (non-hydrogen) atoms. The summed E-state index contributed by atoms with van der Waals surface area (Å²) in [5.41, 5.74) is -2.07. The van der Waals surface area contributed by atoms with Gasteiger partial charge in [-0.2, -0.15) is 0 Å². The molecule has 0 saturated heterocycles. The predicted octanol–water partition coefficient (Wildman–Crippen LogP) is 1.55. The molecule has 0 heterocycles. The Hall–Kier alpha value is -1.20. The standard InChI is InChI=1S/C10H16F3NO2/c1-3-16-9(15)4-8(14-2)10(5-11,6-12)7-13/h4,14H,3,5-7H2,1-2H3. The Balaban J connectivity index is 5.00. The molecule has 3 nitrogen and oxygen atoms in total. The third-order valence-corrected chi connectivity index (χ3v) is 2.16. The first-order valence-corrected chi connectivity index (χ1v) is 4.84. The van der Waals surface area contributed by atoms with E-state index in [2.05, 4.69) is 10.1 Å². The molecule has 0 radical (unpaired) electrons. The Kier molecular flexibility index (Phi) is 6.60. The number of esters is 1. The van der Waals surface area contributed by atoms with Gasteiger partial charge in [-0.1, -0.05) is 0 Å². The summed E-state index contributed by atoms with van der Waals surface area (Å²) in [5.74, 6) is -0.758. The molecule has 0 spiro atoms. The van der Waals surface area contributed by atoms with Crippen molar-refractivity contribution in [1.29, 1.82) is 0 Å². The van der Waals surface area contributed by atoms with Crippen molar-refractivity contribution < 1.29 is 22.7 Å². The van der Waals surface area contributed by atoms with E-state index in [4.69, 9.17) is 0 Å². The van der Waals surface area contributed by atoms with Crippen molar-refractivity contribution in [3.05, 3.63) is 11.8 Å². The van der Waals surface area contributed by atoms with E-state index in [9.17, 15) is 18.0 Å². The fraction of sp³-hybridized carbons (Fsp3) is 0.700. The molecule has 0 unspecified atom stereocenters. The number of rotatable bonds is 7.